The zero-order valence-corrected chi connectivity index (χ0v) is 9.73. The van der Waals surface area contributed by atoms with Gasteiger partial charge in [-0.05, 0) is 6.92 Å². The molecule has 1 heterocycles. The third kappa shape index (κ3) is 3.90. The number of carbonyl (C=O) groups is 3. The standard InChI is InChI=1S/C11H14O6/c1-6(2)10(14)15-5-9(13)17-11-7(3)4-8(12)16-11/h7,11H,1,4-5H2,2-3H3. The lowest BCUT2D eigenvalue weighted by atomic mass is 10.1. The maximum Gasteiger partial charge on any atom is 0.347 e. The van der Waals surface area contributed by atoms with Crippen molar-refractivity contribution < 1.29 is 28.6 Å². The zero-order chi connectivity index (χ0) is 13.0. The second-order valence-electron chi connectivity index (χ2n) is 3.89. The van der Waals surface area contributed by atoms with E-state index in [-0.39, 0.29) is 17.9 Å². The molecule has 17 heavy (non-hydrogen) atoms. The first-order chi connectivity index (χ1) is 7.90. The van der Waals surface area contributed by atoms with E-state index in [9.17, 15) is 14.4 Å². The summed E-state index contributed by atoms with van der Waals surface area (Å²) in [5.41, 5.74) is 0.193. The van der Waals surface area contributed by atoms with E-state index in [1.807, 2.05) is 0 Å². The van der Waals surface area contributed by atoms with Crippen molar-refractivity contribution in [2.24, 2.45) is 5.92 Å². The van der Waals surface area contributed by atoms with Gasteiger partial charge in [0.05, 0.1) is 6.42 Å². The summed E-state index contributed by atoms with van der Waals surface area (Å²) >= 11 is 0. The third-order valence-electron chi connectivity index (χ3n) is 2.12. The second kappa shape index (κ2) is 5.47. The van der Waals surface area contributed by atoms with Crippen LogP contribution in [0.1, 0.15) is 20.3 Å². The molecule has 1 fully saturated rings. The Morgan fingerprint density at radius 2 is 2.18 bits per heavy atom. The lowest BCUT2D eigenvalue weighted by Gasteiger charge is -2.14. The van der Waals surface area contributed by atoms with Crippen LogP contribution in [0.25, 0.3) is 0 Å². The molecule has 0 N–H and O–H groups in total. The molecule has 1 aliphatic rings. The van der Waals surface area contributed by atoms with E-state index in [1.165, 1.54) is 6.92 Å². The van der Waals surface area contributed by atoms with Gasteiger partial charge in [-0.15, -0.1) is 0 Å². The summed E-state index contributed by atoms with van der Waals surface area (Å²) in [6, 6.07) is 0. The summed E-state index contributed by atoms with van der Waals surface area (Å²) in [5, 5.41) is 0. The van der Waals surface area contributed by atoms with Gasteiger partial charge in [-0.2, -0.15) is 0 Å². The molecule has 0 spiro atoms. The lowest BCUT2D eigenvalue weighted by molar-refractivity contribution is -0.185. The smallest absolute Gasteiger partial charge is 0.347 e. The monoisotopic (exact) mass is 242 g/mol. The molecule has 0 saturated carbocycles. The second-order valence-corrected chi connectivity index (χ2v) is 3.89. The van der Waals surface area contributed by atoms with Crippen molar-refractivity contribution in [3.05, 3.63) is 12.2 Å². The third-order valence-corrected chi connectivity index (χ3v) is 2.12. The molecule has 1 aliphatic heterocycles. The van der Waals surface area contributed by atoms with Crippen LogP contribution in [0.2, 0.25) is 0 Å². The number of hydrogen-bond acceptors (Lipinski definition) is 6. The molecule has 0 aromatic rings. The van der Waals surface area contributed by atoms with Crippen molar-refractivity contribution in [1.29, 1.82) is 0 Å². The maximum atomic E-state index is 11.3. The van der Waals surface area contributed by atoms with Gasteiger partial charge >= 0.3 is 17.9 Å². The van der Waals surface area contributed by atoms with Crippen LogP contribution in [0.5, 0.6) is 0 Å². The van der Waals surface area contributed by atoms with Gasteiger partial charge < -0.3 is 14.2 Å². The van der Waals surface area contributed by atoms with Gasteiger partial charge in [-0.3, -0.25) is 4.79 Å². The molecule has 0 bridgehead atoms. The Labute approximate surface area is 98.5 Å². The van der Waals surface area contributed by atoms with E-state index in [0.717, 1.165) is 0 Å². The van der Waals surface area contributed by atoms with Crippen molar-refractivity contribution in [2.75, 3.05) is 6.61 Å². The highest BCUT2D eigenvalue weighted by molar-refractivity contribution is 5.88. The predicted octanol–water partition coefficient (Wildman–Crippen LogP) is 0.558. The molecule has 2 unspecified atom stereocenters. The SMILES string of the molecule is C=C(C)C(=O)OCC(=O)OC1OC(=O)CC1C. The summed E-state index contributed by atoms with van der Waals surface area (Å²) in [4.78, 5) is 33.1. The zero-order valence-electron chi connectivity index (χ0n) is 9.73. The van der Waals surface area contributed by atoms with Gasteiger partial charge in [0.1, 0.15) is 0 Å². The van der Waals surface area contributed by atoms with Crippen molar-refractivity contribution in [3.63, 3.8) is 0 Å². The van der Waals surface area contributed by atoms with Crippen LogP contribution < -0.4 is 0 Å². The first-order valence-electron chi connectivity index (χ1n) is 5.11. The quantitative estimate of drug-likeness (QED) is 0.529. The molecule has 0 aliphatic carbocycles. The number of rotatable bonds is 4. The van der Waals surface area contributed by atoms with Crippen LogP contribution in [-0.2, 0) is 28.6 Å². The van der Waals surface area contributed by atoms with E-state index >= 15 is 0 Å². The van der Waals surface area contributed by atoms with E-state index in [0.29, 0.717) is 0 Å². The average Bonchev–Trinajstić information content (AvgIpc) is 2.53. The highest BCUT2D eigenvalue weighted by atomic mass is 16.7. The van der Waals surface area contributed by atoms with Gasteiger partial charge in [0, 0.05) is 11.5 Å². The fourth-order valence-electron chi connectivity index (χ4n) is 1.20. The van der Waals surface area contributed by atoms with Crippen LogP contribution in [-0.4, -0.2) is 30.8 Å². The van der Waals surface area contributed by atoms with Crippen molar-refractivity contribution in [2.45, 2.75) is 26.6 Å². The summed E-state index contributed by atoms with van der Waals surface area (Å²) in [7, 11) is 0. The minimum absolute atomic E-state index is 0.191. The van der Waals surface area contributed by atoms with Gasteiger partial charge in [0.25, 0.3) is 6.29 Å². The molecule has 6 nitrogen and oxygen atoms in total. The van der Waals surface area contributed by atoms with Crippen molar-refractivity contribution >= 4 is 17.9 Å². The van der Waals surface area contributed by atoms with Gasteiger partial charge in [0.2, 0.25) is 0 Å². The van der Waals surface area contributed by atoms with E-state index in [4.69, 9.17) is 9.47 Å². The van der Waals surface area contributed by atoms with Gasteiger partial charge in [-0.1, -0.05) is 13.5 Å². The molecular formula is C11H14O6. The Kier molecular flexibility index (Phi) is 4.25. The number of esters is 3. The largest absolute Gasteiger partial charge is 0.450 e. The number of cyclic esters (lactones) is 1. The molecule has 0 amide bonds. The van der Waals surface area contributed by atoms with Crippen molar-refractivity contribution in [3.8, 4) is 0 Å². The number of hydrogen-bond donors (Lipinski definition) is 0. The molecule has 0 aromatic heterocycles. The van der Waals surface area contributed by atoms with Crippen LogP contribution in [0.4, 0.5) is 0 Å². The van der Waals surface area contributed by atoms with E-state index in [2.05, 4.69) is 11.3 Å². The maximum absolute atomic E-state index is 11.3. The Morgan fingerprint density at radius 1 is 1.53 bits per heavy atom. The fourth-order valence-corrected chi connectivity index (χ4v) is 1.20. The normalized spacial score (nSPS) is 22.8. The first kappa shape index (κ1) is 13.2. The highest BCUT2D eigenvalue weighted by Gasteiger charge is 2.34. The Bertz CT molecular complexity index is 359. The van der Waals surface area contributed by atoms with Crippen LogP contribution >= 0.6 is 0 Å². The Hall–Kier alpha value is -1.85. The molecule has 0 aromatic carbocycles. The fraction of sp³-hybridized carbons (Fsp3) is 0.545. The van der Waals surface area contributed by atoms with E-state index < -0.39 is 30.8 Å². The summed E-state index contributed by atoms with van der Waals surface area (Å²) in [5.74, 6) is -2.03. The van der Waals surface area contributed by atoms with Gasteiger partial charge in [-0.25, -0.2) is 9.59 Å². The molecule has 1 rings (SSSR count). The van der Waals surface area contributed by atoms with Crippen molar-refractivity contribution in [1.82, 2.24) is 0 Å². The van der Waals surface area contributed by atoms with Gasteiger partial charge in [0.15, 0.2) is 6.61 Å². The molecule has 6 heteroatoms. The summed E-state index contributed by atoms with van der Waals surface area (Å²) in [6.07, 6.45) is -0.678. The lowest BCUT2D eigenvalue weighted by Crippen LogP contribution is -2.26. The summed E-state index contributed by atoms with van der Waals surface area (Å²) < 4.78 is 14.2. The molecule has 2 atom stereocenters. The average molecular weight is 242 g/mol. The first-order valence-corrected chi connectivity index (χ1v) is 5.11. The highest BCUT2D eigenvalue weighted by Crippen LogP contribution is 2.22. The molecule has 0 radical (unpaired) electrons. The van der Waals surface area contributed by atoms with Crippen LogP contribution in [0.3, 0.4) is 0 Å². The molecular weight excluding hydrogens is 228 g/mol. The van der Waals surface area contributed by atoms with Crippen LogP contribution in [0, 0.1) is 5.92 Å². The Balaban J connectivity index is 2.33. The minimum atomic E-state index is -0.890. The molecule has 1 saturated heterocycles. The summed E-state index contributed by atoms with van der Waals surface area (Å²) in [6.45, 7) is 6.03. The predicted molar refractivity (Wildman–Crippen MR) is 55.5 cm³/mol. The molecule has 94 valence electrons. The van der Waals surface area contributed by atoms with E-state index in [1.54, 1.807) is 6.92 Å². The minimum Gasteiger partial charge on any atom is -0.450 e. The number of carbonyl (C=O) groups excluding carboxylic acids is 3. The topological polar surface area (TPSA) is 78.9 Å². The Morgan fingerprint density at radius 3 is 2.65 bits per heavy atom. The van der Waals surface area contributed by atoms with Crippen LogP contribution in [0.15, 0.2) is 12.2 Å². The number of ether oxygens (including phenoxy) is 3.